The Bertz CT molecular complexity index is 803. The van der Waals surface area contributed by atoms with E-state index in [1.165, 1.54) is 6.07 Å². The average Bonchev–Trinajstić information content (AvgIpc) is 2.60. The van der Waals surface area contributed by atoms with Crippen LogP contribution in [-0.4, -0.2) is 23.2 Å². The molecule has 3 rings (SSSR count). The summed E-state index contributed by atoms with van der Waals surface area (Å²) in [6.07, 6.45) is 5.27. The van der Waals surface area contributed by atoms with Gasteiger partial charge in [0.25, 0.3) is 5.91 Å². The second-order valence-corrected chi connectivity index (χ2v) is 6.63. The van der Waals surface area contributed by atoms with E-state index in [4.69, 9.17) is 4.42 Å². The normalized spacial score (nSPS) is 16.9. The van der Waals surface area contributed by atoms with E-state index in [2.05, 4.69) is 5.32 Å². The summed E-state index contributed by atoms with van der Waals surface area (Å²) in [5.74, 6) is -0.483. The maximum atomic E-state index is 12.3. The summed E-state index contributed by atoms with van der Waals surface area (Å²) >= 11 is 0. The average molecular weight is 329 g/mol. The van der Waals surface area contributed by atoms with Crippen molar-refractivity contribution in [2.45, 2.75) is 51.0 Å². The van der Waals surface area contributed by atoms with Crippen LogP contribution in [0.4, 0.5) is 0 Å². The number of aliphatic hydroxyl groups is 1. The number of nitrogens with one attached hydrogen (secondary N) is 1. The highest BCUT2D eigenvalue weighted by atomic mass is 16.3. The molecule has 1 saturated carbocycles. The van der Waals surface area contributed by atoms with E-state index in [0.29, 0.717) is 23.8 Å². The third-order valence-electron chi connectivity index (χ3n) is 4.79. The minimum Gasteiger partial charge on any atom is -0.451 e. The van der Waals surface area contributed by atoms with Crippen molar-refractivity contribution < 1.29 is 14.3 Å². The van der Waals surface area contributed by atoms with Crippen LogP contribution in [0, 0.1) is 0 Å². The van der Waals surface area contributed by atoms with Crippen LogP contribution >= 0.6 is 0 Å². The molecule has 0 unspecified atom stereocenters. The molecule has 24 heavy (non-hydrogen) atoms. The Morgan fingerprint density at radius 3 is 2.71 bits per heavy atom. The molecule has 1 aliphatic carbocycles. The summed E-state index contributed by atoms with van der Waals surface area (Å²) in [6.45, 7) is 2.20. The summed E-state index contributed by atoms with van der Waals surface area (Å²) in [7, 11) is 0. The Morgan fingerprint density at radius 1 is 1.25 bits per heavy atom. The van der Waals surface area contributed by atoms with E-state index in [1.807, 2.05) is 13.0 Å². The Kier molecular flexibility index (Phi) is 4.71. The number of aryl methyl sites for hydroxylation is 1. The van der Waals surface area contributed by atoms with Crippen molar-refractivity contribution >= 4 is 16.9 Å². The molecule has 0 bridgehead atoms. The molecular weight excluding hydrogens is 306 g/mol. The number of carbonyl (C=O) groups excluding carboxylic acids is 1. The van der Waals surface area contributed by atoms with E-state index in [0.717, 1.165) is 31.2 Å². The first-order valence-electron chi connectivity index (χ1n) is 8.58. The molecule has 1 fully saturated rings. The number of hydrogen-bond donors (Lipinski definition) is 2. The SMILES string of the molecule is CCc1ccc2oc(C(=O)NCC3(O)CCCCC3)cc(=O)c2c1. The molecule has 0 atom stereocenters. The molecule has 0 saturated heterocycles. The van der Waals surface area contributed by atoms with E-state index in [-0.39, 0.29) is 17.7 Å². The standard InChI is InChI=1S/C19H23NO4/c1-2-13-6-7-16-14(10-13)15(21)11-17(24-16)18(22)20-12-19(23)8-4-3-5-9-19/h6-7,10-11,23H,2-5,8-9,12H2,1H3,(H,20,22). The number of benzene rings is 1. The smallest absolute Gasteiger partial charge is 0.287 e. The minimum absolute atomic E-state index is 0.0174. The van der Waals surface area contributed by atoms with Gasteiger partial charge < -0.3 is 14.8 Å². The fraction of sp³-hybridized carbons (Fsp3) is 0.474. The quantitative estimate of drug-likeness (QED) is 0.904. The van der Waals surface area contributed by atoms with Gasteiger partial charge in [-0.3, -0.25) is 9.59 Å². The maximum absolute atomic E-state index is 12.3. The van der Waals surface area contributed by atoms with Crippen LogP contribution in [0.2, 0.25) is 0 Å². The predicted octanol–water partition coefficient (Wildman–Crippen LogP) is 2.78. The van der Waals surface area contributed by atoms with Crippen LogP contribution in [0.15, 0.2) is 33.5 Å². The summed E-state index contributed by atoms with van der Waals surface area (Å²) in [5.41, 5.74) is 0.377. The van der Waals surface area contributed by atoms with Crippen molar-refractivity contribution in [3.63, 3.8) is 0 Å². The number of amides is 1. The van der Waals surface area contributed by atoms with Crippen LogP contribution in [0.25, 0.3) is 11.0 Å². The Hall–Kier alpha value is -2.14. The van der Waals surface area contributed by atoms with Gasteiger partial charge in [0.1, 0.15) is 5.58 Å². The zero-order valence-corrected chi connectivity index (χ0v) is 13.9. The van der Waals surface area contributed by atoms with Crippen molar-refractivity contribution in [2.75, 3.05) is 6.54 Å². The number of hydrogen-bond acceptors (Lipinski definition) is 4. The fourth-order valence-electron chi connectivity index (χ4n) is 3.25. The second-order valence-electron chi connectivity index (χ2n) is 6.63. The van der Waals surface area contributed by atoms with Gasteiger partial charge in [0.15, 0.2) is 11.2 Å². The lowest BCUT2D eigenvalue weighted by molar-refractivity contribution is 0.00503. The molecule has 0 spiro atoms. The highest BCUT2D eigenvalue weighted by molar-refractivity contribution is 5.93. The van der Waals surface area contributed by atoms with Gasteiger partial charge in [-0.05, 0) is 37.0 Å². The molecule has 2 N–H and O–H groups in total. The molecule has 1 aliphatic rings. The van der Waals surface area contributed by atoms with Gasteiger partial charge in [0.2, 0.25) is 0 Å². The molecule has 5 nitrogen and oxygen atoms in total. The van der Waals surface area contributed by atoms with Gasteiger partial charge in [-0.2, -0.15) is 0 Å². The molecule has 5 heteroatoms. The third kappa shape index (κ3) is 3.51. The van der Waals surface area contributed by atoms with Crippen molar-refractivity contribution in [2.24, 2.45) is 0 Å². The van der Waals surface area contributed by atoms with E-state index >= 15 is 0 Å². The molecule has 1 heterocycles. The summed E-state index contributed by atoms with van der Waals surface area (Å²) in [5, 5.41) is 13.6. The molecule has 128 valence electrons. The highest BCUT2D eigenvalue weighted by Crippen LogP contribution is 2.27. The Balaban J connectivity index is 1.78. The summed E-state index contributed by atoms with van der Waals surface area (Å²) in [4.78, 5) is 24.5. The lowest BCUT2D eigenvalue weighted by Gasteiger charge is -2.31. The van der Waals surface area contributed by atoms with Gasteiger partial charge in [-0.25, -0.2) is 0 Å². The highest BCUT2D eigenvalue weighted by Gasteiger charge is 2.29. The van der Waals surface area contributed by atoms with Gasteiger partial charge in [-0.15, -0.1) is 0 Å². The van der Waals surface area contributed by atoms with Gasteiger partial charge in [0.05, 0.1) is 11.0 Å². The van der Waals surface area contributed by atoms with Crippen molar-refractivity contribution in [1.29, 1.82) is 0 Å². The lowest BCUT2D eigenvalue weighted by Crippen LogP contribution is -2.44. The van der Waals surface area contributed by atoms with E-state index in [9.17, 15) is 14.7 Å². The van der Waals surface area contributed by atoms with Crippen LogP contribution < -0.4 is 10.7 Å². The van der Waals surface area contributed by atoms with E-state index in [1.54, 1.807) is 12.1 Å². The first-order chi connectivity index (χ1) is 11.5. The number of fused-ring (bicyclic) bond motifs is 1. The maximum Gasteiger partial charge on any atom is 0.287 e. The third-order valence-corrected chi connectivity index (χ3v) is 4.79. The number of rotatable bonds is 4. The Labute approximate surface area is 140 Å². The molecule has 2 aromatic rings. The van der Waals surface area contributed by atoms with Crippen molar-refractivity contribution in [1.82, 2.24) is 5.32 Å². The molecule has 0 aliphatic heterocycles. The summed E-state index contributed by atoms with van der Waals surface area (Å²) in [6, 6.07) is 6.63. The molecule has 1 aromatic carbocycles. The van der Waals surface area contributed by atoms with Gasteiger partial charge in [0, 0.05) is 12.6 Å². The first-order valence-corrected chi connectivity index (χ1v) is 8.58. The predicted molar refractivity (Wildman–Crippen MR) is 92.2 cm³/mol. The number of carbonyl (C=O) groups is 1. The van der Waals surface area contributed by atoms with E-state index < -0.39 is 11.5 Å². The van der Waals surface area contributed by atoms with Crippen molar-refractivity contribution in [3.05, 3.63) is 45.8 Å². The van der Waals surface area contributed by atoms with Crippen molar-refractivity contribution in [3.8, 4) is 0 Å². The van der Waals surface area contributed by atoms with Gasteiger partial charge >= 0.3 is 0 Å². The zero-order valence-electron chi connectivity index (χ0n) is 13.9. The fourth-order valence-corrected chi connectivity index (χ4v) is 3.25. The molecule has 0 radical (unpaired) electrons. The van der Waals surface area contributed by atoms with Crippen LogP contribution in [0.5, 0.6) is 0 Å². The Morgan fingerprint density at radius 2 is 2.00 bits per heavy atom. The van der Waals surface area contributed by atoms with Crippen LogP contribution in [-0.2, 0) is 6.42 Å². The zero-order chi connectivity index (χ0) is 17.2. The molecule has 1 aromatic heterocycles. The summed E-state index contributed by atoms with van der Waals surface area (Å²) < 4.78 is 5.58. The molecule has 1 amide bonds. The molecular formula is C19H23NO4. The monoisotopic (exact) mass is 329 g/mol. The van der Waals surface area contributed by atoms with Crippen LogP contribution in [0.3, 0.4) is 0 Å². The van der Waals surface area contributed by atoms with Crippen LogP contribution in [0.1, 0.15) is 55.1 Å². The second kappa shape index (κ2) is 6.77. The first kappa shape index (κ1) is 16.7. The minimum atomic E-state index is -0.846. The lowest BCUT2D eigenvalue weighted by atomic mass is 9.85. The largest absolute Gasteiger partial charge is 0.451 e. The topological polar surface area (TPSA) is 79.5 Å². The van der Waals surface area contributed by atoms with Gasteiger partial charge in [-0.1, -0.05) is 32.3 Å².